The highest BCUT2D eigenvalue weighted by Gasteiger charge is 2.00. The predicted molar refractivity (Wildman–Crippen MR) is 90.7 cm³/mol. The van der Waals surface area contributed by atoms with Crippen LogP contribution in [-0.2, 0) is 17.6 Å². The fourth-order valence-corrected chi connectivity index (χ4v) is 2.32. The van der Waals surface area contributed by atoms with Gasteiger partial charge in [0.15, 0.2) is 0 Å². The molecule has 1 amide bonds. The molecule has 3 nitrogen and oxygen atoms in total. The van der Waals surface area contributed by atoms with Crippen LogP contribution in [0.25, 0.3) is 0 Å². The molecule has 0 atom stereocenters. The molecule has 23 heavy (non-hydrogen) atoms. The summed E-state index contributed by atoms with van der Waals surface area (Å²) in [7, 11) is 0. The lowest BCUT2D eigenvalue weighted by atomic mass is 10.1. The standard InChI is InChI=1S/C19H23FN2O/c20-18-10-8-17(9-11-18)12-14-22-19(23)15-21-13-4-7-16-5-2-1-3-6-16/h1-3,5-6,8-11,21H,4,7,12-15H2,(H,22,23). The van der Waals surface area contributed by atoms with Gasteiger partial charge in [-0.15, -0.1) is 0 Å². The first-order valence-corrected chi connectivity index (χ1v) is 8.00. The number of amides is 1. The Hall–Kier alpha value is -2.20. The van der Waals surface area contributed by atoms with Crippen molar-refractivity contribution in [2.75, 3.05) is 19.6 Å². The number of rotatable bonds is 9. The maximum atomic E-state index is 12.8. The minimum Gasteiger partial charge on any atom is -0.355 e. The van der Waals surface area contributed by atoms with Gasteiger partial charge in [-0.25, -0.2) is 4.39 Å². The molecule has 0 bridgehead atoms. The van der Waals surface area contributed by atoms with Crippen LogP contribution in [0.4, 0.5) is 4.39 Å². The summed E-state index contributed by atoms with van der Waals surface area (Å²) < 4.78 is 12.8. The number of hydrogen-bond donors (Lipinski definition) is 2. The summed E-state index contributed by atoms with van der Waals surface area (Å²) in [4.78, 5) is 11.7. The van der Waals surface area contributed by atoms with E-state index in [0.717, 1.165) is 24.9 Å². The number of benzene rings is 2. The van der Waals surface area contributed by atoms with Crippen LogP contribution in [-0.4, -0.2) is 25.5 Å². The number of nitrogens with one attached hydrogen (secondary N) is 2. The molecule has 0 aromatic heterocycles. The second kappa shape index (κ2) is 9.74. The Labute approximate surface area is 136 Å². The molecular weight excluding hydrogens is 291 g/mol. The lowest BCUT2D eigenvalue weighted by Gasteiger charge is -2.07. The van der Waals surface area contributed by atoms with Crippen LogP contribution < -0.4 is 10.6 Å². The van der Waals surface area contributed by atoms with Crippen molar-refractivity contribution < 1.29 is 9.18 Å². The van der Waals surface area contributed by atoms with Crippen molar-refractivity contribution in [2.45, 2.75) is 19.3 Å². The third-order valence-corrected chi connectivity index (χ3v) is 3.60. The van der Waals surface area contributed by atoms with Crippen LogP contribution in [0.2, 0.25) is 0 Å². The van der Waals surface area contributed by atoms with Crippen molar-refractivity contribution in [2.24, 2.45) is 0 Å². The zero-order valence-corrected chi connectivity index (χ0v) is 13.2. The van der Waals surface area contributed by atoms with E-state index in [1.54, 1.807) is 12.1 Å². The van der Waals surface area contributed by atoms with E-state index >= 15 is 0 Å². The number of carbonyl (C=O) groups is 1. The molecule has 0 aliphatic heterocycles. The highest BCUT2D eigenvalue weighted by atomic mass is 19.1. The molecule has 0 aliphatic carbocycles. The van der Waals surface area contributed by atoms with Crippen LogP contribution in [0.5, 0.6) is 0 Å². The zero-order valence-electron chi connectivity index (χ0n) is 13.2. The molecule has 0 aliphatic rings. The first-order valence-electron chi connectivity index (χ1n) is 8.00. The average Bonchev–Trinajstić information content (AvgIpc) is 2.57. The van der Waals surface area contributed by atoms with Crippen molar-refractivity contribution in [1.29, 1.82) is 0 Å². The van der Waals surface area contributed by atoms with Crippen molar-refractivity contribution >= 4 is 5.91 Å². The lowest BCUT2D eigenvalue weighted by Crippen LogP contribution is -2.35. The highest BCUT2D eigenvalue weighted by molar-refractivity contribution is 5.77. The predicted octanol–water partition coefficient (Wildman–Crippen LogP) is 2.71. The van der Waals surface area contributed by atoms with Crippen molar-refractivity contribution in [1.82, 2.24) is 10.6 Å². The number of halogens is 1. The molecule has 2 aromatic carbocycles. The first kappa shape index (κ1) is 17.2. The zero-order chi connectivity index (χ0) is 16.3. The van der Waals surface area contributed by atoms with Gasteiger partial charge in [0.05, 0.1) is 6.54 Å². The quantitative estimate of drug-likeness (QED) is 0.699. The first-order chi connectivity index (χ1) is 11.2. The summed E-state index contributed by atoms with van der Waals surface area (Å²) in [6.07, 6.45) is 2.73. The monoisotopic (exact) mass is 314 g/mol. The normalized spacial score (nSPS) is 10.5. The summed E-state index contributed by atoms with van der Waals surface area (Å²) in [5.74, 6) is -0.246. The van der Waals surface area contributed by atoms with E-state index in [1.807, 2.05) is 18.2 Å². The molecular formula is C19H23FN2O. The van der Waals surface area contributed by atoms with E-state index in [-0.39, 0.29) is 11.7 Å². The smallest absolute Gasteiger partial charge is 0.233 e. The fourth-order valence-electron chi connectivity index (χ4n) is 2.32. The van der Waals surface area contributed by atoms with Gasteiger partial charge in [0.2, 0.25) is 5.91 Å². The average molecular weight is 314 g/mol. The van der Waals surface area contributed by atoms with Gasteiger partial charge in [-0.1, -0.05) is 42.5 Å². The molecule has 0 fully saturated rings. The van der Waals surface area contributed by atoms with Gasteiger partial charge in [-0.05, 0) is 49.1 Å². The van der Waals surface area contributed by atoms with Crippen LogP contribution in [0.15, 0.2) is 54.6 Å². The van der Waals surface area contributed by atoms with Crippen molar-refractivity contribution in [3.05, 3.63) is 71.5 Å². The second-order valence-corrected chi connectivity index (χ2v) is 5.49. The number of hydrogen-bond acceptors (Lipinski definition) is 2. The molecule has 2 rings (SSSR count). The molecule has 0 saturated heterocycles. The Morgan fingerprint density at radius 1 is 0.870 bits per heavy atom. The summed E-state index contributed by atoms with van der Waals surface area (Å²) in [5, 5.41) is 6.01. The molecule has 2 N–H and O–H groups in total. The van der Waals surface area contributed by atoms with Gasteiger partial charge in [-0.3, -0.25) is 4.79 Å². The summed E-state index contributed by atoms with van der Waals surface area (Å²) >= 11 is 0. The summed E-state index contributed by atoms with van der Waals surface area (Å²) in [5.41, 5.74) is 2.33. The summed E-state index contributed by atoms with van der Waals surface area (Å²) in [6.45, 7) is 1.72. The molecule has 0 heterocycles. The Balaban J connectivity index is 1.51. The van der Waals surface area contributed by atoms with E-state index in [4.69, 9.17) is 0 Å². The third-order valence-electron chi connectivity index (χ3n) is 3.60. The Bertz CT molecular complexity index is 584. The summed E-state index contributed by atoms with van der Waals surface area (Å²) in [6, 6.07) is 16.7. The topological polar surface area (TPSA) is 41.1 Å². The van der Waals surface area contributed by atoms with E-state index in [9.17, 15) is 9.18 Å². The van der Waals surface area contributed by atoms with E-state index in [0.29, 0.717) is 19.5 Å². The van der Waals surface area contributed by atoms with Gasteiger partial charge >= 0.3 is 0 Å². The van der Waals surface area contributed by atoms with Crippen molar-refractivity contribution in [3.63, 3.8) is 0 Å². The minimum absolute atomic E-state index is 0.00757. The molecule has 4 heteroatoms. The maximum Gasteiger partial charge on any atom is 0.233 e. The van der Waals surface area contributed by atoms with Crippen LogP contribution in [0.3, 0.4) is 0 Å². The van der Waals surface area contributed by atoms with Gasteiger partial charge in [0.25, 0.3) is 0 Å². The molecule has 0 spiro atoms. The second-order valence-electron chi connectivity index (χ2n) is 5.49. The molecule has 2 aromatic rings. The highest BCUT2D eigenvalue weighted by Crippen LogP contribution is 2.03. The third kappa shape index (κ3) is 7.06. The molecule has 122 valence electrons. The largest absolute Gasteiger partial charge is 0.355 e. The van der Waals surface area contributed by atoms with E-state index < -0.39 is 0 Å². The van der Waals surface area contributed by atoms with Crippen LogP contribution in [0, 0.1) is 5.82 Å². The SMILES string of the molecule is O=C(CNCCCc1ccccc1)NCCc1ccc(F)cc1. The molecule has 0 unspecified atom stereocenters. The van der Waals surface area contributed by atoms with Gasteiger partial charge < -0.3 is 10.6 Å². The number of carbonyl (C=O) groups excluding carboxylic acids is 1. The van der Waals surface area contributed by atoms with Crippen LogP contribution in [0.1, 0.15) is 17.5 Å². The van der Waals surface area contributed by atoms with E-state index in [2.05, 4.69) is 22.8 Å². The van der Waals surface area contributed by atoms with Crippen LogP contribution >= 0.6 is 0 Å². The van der Waals surface area contributed by atoms with E-state index in [1.165, 1.54) is 17.7 Å². The fraction of sp³-hybridized carbons (Fsp3) is 0.316. The molecule has 0 saturated carbocycles. The Kier molecular flexibility index (Phi) is 7.27. The van der Waals surface area contributed by atoms with Gasteiger partial charge in [0, 0.05) is 6.54 Å². The lowest BCUT2D eigenvalue weighted by molar-refractivity contribution is -0.120. The Morgan fingerprint density at radius 3 is 2.30 bits per heavy atom. The number of aryl methyl sites for hydroxylation is 1. The van der Waals surface area contributed by atoms with Crippen molar-refractivity contribution in [3.8, 4) is 0 Å². The Morgan fingerprint density at radius 2 is 1.57 bits per heavy atom. The van der Waals surface area contributed by atoms with Gasteiger partial charge in [0.1, 0.15) is 5.82 Å². The molecule has 0 radical (unpaired) electrons. The minimum atomic E-state index is -0.238. The maximum absolute atomic E-state index is 12.8. The van der Waals surface area contributed by atoms with Gasteiger partial charge in [-0.2, -0.15) is 0 Å².